The lowest BCUT2D eigenvalue weighted by molar-refractivity contribution is -0.0842. The molecule has 2 aromatic rings. The second-order valence-corrected chi connectivity index (χ2v) is 10.4. The molecule has 156 valence electrons. The van der Waals surface area contributed by atoms with E-state index in [2.05, 4.69) is 22.5 Å². The van der Waals surface area contributed by atoms with Crippen LogP contribution in [0.15, 0.2) is 29.3 Å². The summed E-state index contributed by atoms with van der Waals surface area (Å²) in [7, 11) is -1.01. The Balaban J connectivity index is 1.47. The summed E-state index contributed by atoms with van der Waals surface area (Å²) in [6.07, 6.45) is 3.53. The smallest absolute Gasteiger partial charge is 0.261 e. The van der Waals surface area contributed by atoms with Crippen LogP contribution in [0.3, 0.4) is 0 Å². The Bertz CT molecular complexity index is 904. The van der Waals surface area contributed by atoms with E-state index in [1.165, 1.54) is 10.4 Å². The summed E-state index contributed by atoms with van der Waals surface area (Å²) in [4.78, 5) is 19.8. The number of pyridine rings is 1. The molecule has 1 saturated heterocycles. The van der Waals surface area contributed by atoms with Crippen molar-refractivity contribution >= 4 is 28.0 Å². The van der Waals surface area contributed by atoms with Crippen molar-refractivity contribution in [3.8, 4) is 0 Å². The Hall–Kier alpha value is -1.61. The summed E-state index contributed by atoms with van der Waals surface area (Å²) < 4.78 is 18.1. The maximum atomic E-state index is 12.8. The van der Waals surface area contributed by atoms with E-state index in [0.29, 0.717) is 24.8 Å². The van der Waals surface area contributed by atoms with Crippen LogP contribution in [-0.4, -0.2) is 40.5 Å². The lowest BCUT2D eigenvalue weighted by atomic mass is 9.83. The van der Waals surface area contributed by atoms with Gasteiger partial charge >= 0.3 is 0 Å². The number of thiophene rings is 1. The number of fused-ring (bicyclic) bond motifs is 2. The fourth-order valence-corrected chi connectivity index (χ4v) is 6.08. The van der Waals surface area contributed by atoms with Gasteiger partial charge in [-0.25, -0.2) is 0 Å². The lowest BCUT2D eigenvalue weighted by Gasteiger charge is -2.42. The number of piperidine rings is 1. The summed E-state index contributed by atoms with van der Waals surface area (Å²) in [5.41, 5.74) is 1.78. The Morgan fingerprint density at radius 1 is 1.41 bits per heavy atom. The van der Waals surface area contributed by atoms with E-state index in [0.717, 1.165) is 41.4 Å². The highest BCUT2D eigenvalue weighted by Gasteiger charge is 2.43. The van der Waals surface area contributed by atoms with E-state index in [-0.39, 0.29) is 11.5 Å². The van der Waals surface area contributed by atoms with Gasteiger partial charge in [0.25, 0.3) is 5.91 Å². The van der Waals surface area contributed by atoms with E-state index >= 15 is 0 Å². The summed E-state index contributed by atoms with van der Waals surface area (Å²) in [6.45, 7) is 6.98. The molecular formula is C21H27N3O3S2. The van der Waals surface area contributed by atoms with E-state index in [1.807, 2.05) is 25.1 Å². The van der Waals surface area contributed by atoms with E-state index < -0.39 is 10.8 Å². The van der Waals surface area contributed by atoms with Crippen LogP contribution < -0.4 is 10.6 Å². The average Bonchev–Trinajstić information content (AvgIpc) is 3.23. The van der Waals surface area contributed by atoms with Crippen molar-refractivity contribution < 1.29 is 13.7 Å². The van der Waals surface area contributed by atoms with Crippen molar-refractivity contribution in [2.24, 2.45) is 0 Å². The topological polar surface area (TPSA) is 80.3 Å². The Morgan fingerprint density at radius 3 is 2.90 bits per heavy atom. The molecule has 0 aromatic carbocycles. The fraction of sp³-hybridized carbons (Fsp3) is 0.524. The van der Waals surface area contributed by atoms with Crippen LogP contribution in [0.25, 0.3) is 0 Å². The zero-order chi connectivity index (χ0) is 20.4. The maximum Gasteiger partial charge on any atom is 0.261 e. The number of carbonyl (C=O) groups excluding carboxylic acids is 1. The summed E-state index contributed by atoms with van der Waals surface area (Å²) in [5, 5.41) is 6.37. The molecule has 2 atom stereocenters. The Kier molecular flexibility index (Phi) is 6.15. The van der Waals surface area contributed by atoms with Crippen molar-refractivity contribution in [3.05, 3.63) is 45.4 Å². The van der Waals surface area contributed by atoms with Crippen molar-refractivity contribution in [1.29, 1.82) is 0 Å². The molecule has 1 unspecified atom stereocenters. The SMILES string of the molecule is CCS(=O)c1ccc(CNC(=O)c2cc3c(s2)C2(CCNCC2)OC[C@H]3C)nc1. The first kappa shape index (κ1) is 20.7. The van der Waals surface area contributed by atoms with Crippen molar-refractivity contribution in [2.45, 2.75) is 49.6 Å². The van der Waals surface area contributed by atoms with Gasteiger partial charge in [-0.3, -0.25) is 14.0 Å². The van der Waals surface area contributed by atoms with E-state index in [1.54, 1.807) is 17.5 Å². The molecule has 8 heteroatoms. The first-order valence-corrected chi connectivity index (χ1v) is 12.3. The quantitative estimate of drug-likeness (QED) is 0.758. The number of amides is 1. The molecule has 0 aliphatic carbocycles. The zero-order valence-corrected chi connectivity index (χ0v) is 18.5. The molecular weight excluding hydrogens is 406 g/mol. The van der Waals surface area contributed by atoms with Gasteiger partial charge in [-0.15, -0.1) is 11.3 Å². The van der Waals surface area contributed by atoms with Crippen LogP contribution in [0.1, 0.15) is 58.4 Å². The van der Waals surface area contributed by atoms with Crippen LogP contribution in [0, 0.1) is 0 Å². The molecule has 0 saturated carbocycles. The number of nitrogens with one attached hydrogen (secondary N) is 2. The molecule has 2 N–H and O–H groups in total. The Morgan fingerprint density at radius 2 is 2.21 bits per heavy atom. The van der Waals surface area contributed by atoms with Gasteiger partial charge in [-0.1, -0.05) is 13.8 Å². The van der Waals surface area contributed by atoms with Crippen LogP contribution >= 0.6 is 11.3 Å². The molecule has 2 aromatic heterocycles. The van der Waals surface area contributed by atoms with Gasteiger partial charge in [0.05, 0.1) is 39.4 Å². The summed E-state index contributed by atoms with van der Waals surface area (Å²) in [6, 6.07) is 5.69. The highest BCUT2D eigenvalue weighted by Crippen LogP contribution is 2.47. The number of ether oxygens (including phenoxy) is 1. The lowest BCUT2D eigenvalue weighted by Crippen LogP contribution is -2.44. The predicted octanol–water partition coefficient (Wildman–Crippen LogP) is 2.91. The second-order valence-electron chi connectivity index (χ2n) is 7.65. The van der Waals surface area contributed by atoms with Gasteiger partial charge in [0.15, 0.2) is 0 Å². The third-order valence-electron chi connectivity index (χ3n) is 5.70. The molecule has 2 aliphatic rings. The number of carbonyl (C=O) groups is 1. The normalized spacial score (nSPS) is 21.5. The maximum absolute atomic E-state index is 12.8. The Labute approximate surface area is 177 Å². The van der Waals surface area contributed by atoms with Gasteiger partial charge in [-0.05, 0) is 49.7 Å². The van der Waals surface area contributed by atoms with Gasteiger partial charge in [0, 0.05) is 22.7 Å². The molecule has 1 amide bonds. The van der Waals surface area contributed by atoms with Crippen LogP contribution in [0.2, 0.25) is 0 Å². The largest absolute Gasteiger partial charge is 0.369 e. The van der Waals surface area contributed by atoms with Crippen LogP contribution in [0.4, 0.5) is 0 Å². The van der Waals surface area contributed by atoms with Gasteiger partial charge in [0.2, 0.25) is 0 Å². The molecule has 1 fully saturated rings. The highest BCUT2D eigenvalue weighted by atomic mass is 32.2. The first-order chi connectivity index (χ1) is 14.0. The average molecular weight is 434 g/mol. The highest BCUT2D eigenvalue weighted by molar-refractivity contribution is 7.85. The number of rotatable bonds is 5. The van der Waals surface area contributed by atoms with E-state index in [4.69, 9.17) is 4.74 Å². The summed E-state index contributed by atoms with van der Waals surface area (Å²) >= 11 is 1.57. The fourth-order valence-electron chi connectivity index (χ4n) is 3.96. The number of hydrogen-bond donors (Lipinski definition) is 2. The molecule has 29 heavy (non-hydrogen) atoms. The van der Waals surface area contributed by atoms with Gasteiger partial charge in [0.1, 0.15) is 5.60 Å². The van der Waals surface area contributed by atoms with Gasteiger partial charge < -0.3 is 15.4 Å². The third kappa shape index (κ3) is 4.17. The number of aromatic nitrogens is 1. The molecule has 2 aliphatic heterocycles. The minimum absolute atomic E-state index is 0.0799. The molecule has 4 rings (SSSR count). The third-order valence-corrected chi connectivity index (χ3v) is 8.33. The monoisotopic (exact) mass is 433 g/mol. The molecule has 6 nitrogen and oxygen atoms in total. The van der Waals surface area contributed by atoms with Crippen molar-refractivity contribution in [2.75, 3.05) is 25.4 Å². The second kappa shape index (κ2) is 8.63. The molecule has 0 radical (unpaired) electrons. The van der Waals surface area contributed by atoms with Gasteiger partial charge in [-0.2, -0.15) is 0 Å². The minimum atomic E-state index is -1.01. The van der Waals surface area contributed by atoms with Crippen LogP contribution in [0.5, 0.6) is 0 Å². The molecule has 4 heterocycles. The number of nitrogens with zero attached hydrogens (tertiary/aromatic N) is 1. The molecule has 0 bridgehead atoms. The van der Waals surface area contributed by atoms with Crippen molar-refractivity contribution in [1.82, 2.24) is 15.6 Å². The zero-order valence-electron chi connectivity index (χ0n) is 16.8. The van der Waals surface area contributed by atoms with Crippen molar-refractivity contribution in [3.63, 3.8) is 0 Å². The van der Waals surface area contributed by atoms with Crippen LogP contribution in [-0.2, 0) is 27.7 Å². The minimum Gasteiger partial charge on any atom is -0.369 e. The molecule has 1 spiro atoms. The number of hydrogen-bond acceptors (Lipinski definition) is 6. The summed E-state index contributed by atoms with van der Waals surface area (Å²) in [5.74, 6) is 0.793. The predicted molar refractivity (Wildman–Crippen MR) is 115 cm³/mol. The van der Waals surface area contributed by atoms with E-state index in [9.17, 15) is 9.00 Å². The standard InChI is InChI=1S/C21H27N3O3S2/c1-3-29(26)16-5-4-15(23-12-16)11-24-20(25)18-10-17-14(2)13-27-21(19(17)28-18)6-8-22-9-7-21/h4-5,10,12,14,22H,3,6-9,11,13H2,1-2H3,(H,24,25)/t14-,29?/m1/s1. The first-order valence-electron chi connectivity index (χ1n) is 10.1.